The van der Waals surface area contributed by atoms with Gasteiger partial charge in [0.1, 0.15) is 11.2 Å². The Kier molecular flexibility index (Phi) is 4.68. The van der Waals surface area contributed by atoms with E-state index < -0.39 is 0 Å². The summed E-state index contributed by atoms with van der Waals surface area (Å²) in [7, 11) is 0. The third kappa shape index (κ3) is 3.59. The number of aryl methyl sites for hydroxylation is 1. The van der Waals surface area contributed by atoms with Gasteiger partial charge in [0.05, 0.1) is 0 Å². The summed E-state index contributed by atoms with van der Waals surface area (Å²) in [5, 5.41) is 0. The number of fused-ring (bicyclic) bond motifs is 1. The fraction of sp³-hybridized carbons (Fsp3) is 0.300. The first kappa shape index (κ1) is 17.4. The molecule has 1 aliphatic rings. The highest BCUT2D eigenvalue weighted by atomic mass is 16.2. The number of hydrogen-bond acceptors (Lipinski definition) is 5. The van der Waals surface area contributed by atoms with Gasteiger partial charge >= 0.3 is 0 Å². The van der Waals surface area contributed by atoms with Gasteiger partial charge in [-0.05, 0) is 30.2 Å². The van der Waals surface area contributed by atoms with Crippen molar-refractivity contribution < 1.29 is 4.79 Å². The Balaban J connectivity index is 1.47. The van der Waals surface area contributed by atoms with E-state index in [1.54, 1.807) is 23.4 Å². The van der Waals surface area contributed by atoms with E-state index >= 15 is 0 Å². The van der Waals surface area contributed by atoms with Gasteiger partial charge in [-0.25, -0.2) is 4.98 Å². The van der Waals surface area contributed by atoms with Crippen molar-refractivity contribution in [3.05, 3.63) is 76.1 Å². The smallest absolute Gasteiger partial charge is 0.270 e. The molecule has 1 fully saturated rings. The van der Waals surface area contributed by atoms with Gasteiger partial charge in [0.25, 0.3) is 11.5 Å². The largest absolute Gasteiger partial charge is 0.336 e. The maximum Gasteiger partial charge on any atom is 0.270 e. The van der Waals surface area contributed by atoms with Crippen molar-refractivity contribution in [2.75, 3.05) is 26.2 Å². The van der Waals surface area contributed by atoms with Crippen molar-refractivity contribution in [1.29, 1.82) is 0 Å². The molecule has 7 heteroatoms. The van der Waals surface area contributed by atoms with Gasteiger partial charge in [0, 0.05) is 57.5 Å². The Morgan fingerprint density at radius 3 is 2.67 bits per heavy atom. The highest BCUT2D eigenvalue weighted by molar-refractivity contribution is 5.93. The van der Waals surface area contributed by atoms with E-state index in [0.717, 1.165) is 30.8 Å². The second kappa shape index (κ2) is 7.28. The van der Waals surface area contributed by atoms with Gasteiger partial charge in [-0.2, -0.15) is 0 Å². The molecule has 0 aliphatic carbocycles. The standard InChI is InChI=1S/C20H21N5O2/c1-15-4-5-18-22-12-17(20(27)25(18)13-15)19(26)24-9-7-23(8-10-24)14-16-3-2-6-21-11-16/h2-6,11-13H,7-10,14H2,1H3. The molecule has 1 saturated heterocycles. The summed E-state index contributed by atoms with van der Waals surface area (Å²) in [6.45, 7) is 5.44. The van der Waals surface area contributed by atoms with E-state index in [1.165, 1.54) is 10.6 Å². The van der Waals surface area contributed by atoms with Gasteiger partial charge in [-0.1, -0.05) is 12.1 Å². The lowest BCUT2D eigenvalue weighted by molar-refractivity contribution is 0.0626. The molecule has 4 heterocycles. The average Bonchev–Trinajstić information content (AvgIpc) is 2.70. The number of carbonyl (C=O) groups excluding carboxylic acids is 1. The first-order chi connectivity index (χ1) is 13.1. The number of amides is 1. The Labute approximate surface area is 156 Å². The van der Waals surface area contributed by atoms with Gasteiger partial charge < -0.3 is 4.90 Å². The summed E-state index contributed by atoms with van der Waals surface area (Å²) in [6.07, 6.45) is 6.74. The summed E-state index contributed by atoms with van der Waals surface area (Å²) in [4.78, 5) is 38.0. The summed E-state index contributed by atoms with van der Waals surface area (Å²) >= 11 is 0. The molecule has 0 unspecified atom stereocenters. The van der Waals surface area contributed by atoms with Crippen molar-refractivity contribution in [3.8, 4) is 0 Å². The molecule has 0 radical (unpaired) electrons. The van der Waals surface area contributed by atoms with Crippen LogP contribution in [-0.2, 0) is 6.54 Å². The molecule has 1 amide bonds. The molecular weight excluding hydrogens is 342 g/mol. The van der Waals surface area contributed by atoms with Crippen LogP contribution in [0.1, 0.15) is 21.5 Å². The normalized spacial score (nSPS) is 15.2. The van der Waals surface area contributed by atoms with E-state index in [2.05, 4.69) is 14.9 Å². The van der Waals surface area contributed by atoms with Crippen LogP contribution in [0.3, 0.4) is 0 Å². The predicted molar refractivity (Wildman–Crippen MR) is 102 cm³/mol. The molecule has 27 heavy (non-hydrogen) atoms. The van der Waals surface area contributed by atoms with Crippen LogP contribution in [0.15, 0.2) is 53.8 Å². The minimum atomic E-state index is -0.313. The second-order valence-corrected chi connectivity index (χ2v) is 6.84. The van der Waals surface area contributed by atoms with E-state index in [9.17, 15) is 9.59 Å². The van der Waals surface area contributed by atoms with Crippen LogP contribution in [0.4, 0.5) is 0 Å². The van der Waals surface area contributed by atoms with Gasteiger partial charge in [-0.15, -0.1) is 0 Å². The second-order valence-electron chi connectivity index (χ2n) is 6.84. The molecule has 0 saturated carbocycles. The van der Waals surface area contributed by atoms with Gasteiger partial charge in [0.15, 0.2) is 0 Å². The summed E-state index contributed by atoms with van der Waals surface area (Å²) < 4.78 is 1.45. The maximum absolute atomic E-state index is 12.9. The molecule has 0 N–H and O–H groups in total. The molecule has 138 valence electrons. The maximum atomic E-state index is 12.9. The SMILES string of the molecule is Cc1ccc2ncc(C(=O)N3CCN(Cc4cccnc4)CC3)c(=O)n2c1. The van der Waals surface area contributed by atoms with Gasteiger partial charge in [-0.3, -0.25) is 23.9 Å². The van der Waals surface area contributed by atoms with E-state index in [4.69, 9.17) is 0 Å². The number of carbonyl (C=O) groups is 1. The quantitative estimate of drug-likeness (QED) is 0.703. The molecule has 1 aliphatic heterocycles. The molecule has 4 rings (SSSR count). The van der Waals surface area contributed by atoms with Crippen LogP contribution in [0, 0.1) is 6.92 Å². The third-order valence-corrected chi connectivity index (χ3v) is 4.87. The summed E-state index contributed by atoms with van der Waals surface area (Å²) in [5.41, 5.74) is 2.46. The van der Waals surface area contributed by atoms with Crippen LogP contribution < -0.4 is 5.56 Å². The van der Waals surface area contributed by atoms with Crippen molar-refractivity contribution in [2.45, 2.75) is 13.5 Å². The zero-order valence-electron chi connectivity index (χ0n) is 15.2. The van der Waals surface area contributed by atoms with E-state index in [0.29, 0.717) is 18.7 Å². The van der Waals surface area contributed by atoms with Crippen LogP contribution in [0.25, 0.3) is 5.65 Å². The first-order valence-corrected chi connectivity index (χ1v) is 9.00. The molecule has 0 aromatic carbocycles. The number of rotatable bonds is 3. The fourth-order valence-electron chi connectivity index (χ4n) is 3.36. The van der Waals surface area contributed by atoms with Crippen molar-refractivity contribution in [2.24, 2.45) is 0 Å². The molecule has 0 atom stereocenters. The topological polar surface area (TPSA) is 70.8 Å². The number of aromatic nitrogens is 3. The molecule has 3 aromatic heterocycles. The molecule has 3 aromatic rings. The molecule has 0 bridgehead atoms. The van der Waals surface area contributed by atoms with Crippen LogP contribution in [0.2, 0.25) is 0 Å². The average molecular weight is 363 g/mol. The van der Waals surface area contributed by atoms with Gasteiger partial charge in [0.2, 0.25) is 0 Å². The Bertz CT molecular complexity index is 1020. The minimum Gasteiger partial charge on any atom is -0.336 e. The highest BCUT2D eigenvalue weighted by Crippen LogP contribution is 2.10. The predicted octanol–water partition coefficient (Wildman–Crippen LogP) is 1.36. The lowest BCUT2D eigenvalue weighted by Gasteiger charge is -2.34. The Morgan fingerprint density at radius 1 is 1.11 bits per heavy atom. The fourth-order valence-corrected chi connectivity index (χ4v) is 3.36. The zero-order valence-corrected chi connectivity index (χ0v) is 15.2. The van der Waals surface area contributed by atoms with Crippen molar-refractivity contribution in [3.63, 3.8) is 0 Å². The summed E-state index contributed by atoms with van der Waals surface area (Å²) in [6, 6.07) is 7.65. The van der Waals surface area contributed by atoms with E-state index in [1.807, 2.05) is 31.3 Å². The number of nitrogens with zero attached hydrogens (tertiary/aromatic N) is 5. The minimum absolute atomic E-state index is 0.124. The number of pyridine rings is 2. The monoisotopic (exact) mass is 363 g/mol. The molecular formula is C20H21N5O2. The van der Waals surface area contributed by atoms with Crippen molar-refractivity contribution >= 4 is 11.6 Å². The van der Waals surface area contributed by atoms with Crippen LogP contribution in [-0.4, -0.2) is 56.3 Å². The molecule has 7 nitrogen and oxygen atoms in total. The number of piperazine rings is 1. The Hall–Kier alpha value is -3.06. The molecule has 0 spiro atoms. The highest BCUT2D eigenvalue weighted by Gasteiger charge is 2.24. The van der Waals surface area contributed by atoms with E-state index in [-0.39, 0.29) is 17.0 Å². The van der Waals surface area contributed by atoms with Crippen molar-refractivity contribution in [1.82, 2.24) is 24.2 Å². The van der Waals surface area contributed by atoms with Crippen LogP contribution in [0.5, 0.6) is 0 Å². The number of hydrogen-bond donors (Lipinski definition) is 0. The van der Waals surface area contributed by atoms with Crippen LogP contribution >= 0.6 is 0 Å². The summed E-state index contributed by atoms with van der Waals surface area (Å²) in [5.74, 6) is -0.246. The lowest BCUT2D eigenvalue weighted by Crippen LogP contribution is -2.49. The third-order valence-electron chi connectivity index (χ3n) is 4.87. The Morgan fingerprint density at radius 2 is 1.93 bits per heavy atom. The first-order valence-electron chi connectivity index (χ1n) is 9.00. The lowest BCUT2D eigenvalue weighted by atomic mass is 10.2. The zero-order chi connectivity index (χ0) is 18.8.